The maximum atomic E-state index is 12.4. The van der Waals surface area contributed by atoms with Gasteiger partial charge in [0.1, 0.15) is 0 Å². The van der Waals surface area contributed by atoms with Crippen molar-refractivity contribution in [2.45, 2.75) is 36.9 Å². The normalized spacial score (nSPS) is 11.6. The monoisotopic (exact) mass is 444 g/mol. The summed E-state index contributed by atoms with van der Waals surface area (Å²) in [6, 6.07) is 17.0. The molecular formula is C21H24N4O3S2. The summed E-state index contributed by atoms with van der Waals surface area (Å²) in [6.07, 6.45) is 1.44. The first-order chi connectivity index (χ1) is 14.3. The maximum Gasteiger partial charge on any atom is 0.269 e. The number of carbonyl (C=O) groups excluding carboxylic acids is 1. The number of anilines is 1. The molecule has 0 aliphatic rings. The van der Waals surface area contributed by atoms with Gasteiger partial charge in [-0.05, 0) is 42.0 Å². The second-order valence-corrected chi connectivity index (χ2v) is 10.0. The van der Waals surface area contributed by atoms with Crippen molar-refractivity contribution in [3.8, 4) is 0 Å². The lowest BCUT2D eigenvalue weighted by molar-refractivity contribution is 0.102. The van der Waals surface area contributed by atoms with E-state index in [0.717, 1.165) is 17.8 Å². The second-order valence-electron chi connectivity index (χ2n) is 7.09. The van der Waals surface area contributed by atoms with E-state index in [2.05, 4.69) is 58.3 Å². The van der Waals surface area contributed by atoms with Crippen molar-refractivity contribution < 1.29 is 13.2 Å². The molecule has 0 aliphatic carbocycles. The summed E-state index contributed by atoms with van der Waals surface area (Å²) in [5, 5.41) is 10.2. The second kappa shape index (κ2) is 9.92. The molecule has 0 fully saturated rings. The van der Waals surface area contributed by atoms with Crippen molar-refractivity contribution in [2.24, 2.45) is 0 Å². The molecule has 1 heterocycles. The topological polar surface area (TPSA) is 101 Å². The summed E-state index contributed by atoms with van der Waals surface area (Å²) in [5.74, 6) is 0.118. The van der Waals surface area contributed by atoms with Gasteiger partial charge in [0.15, 0.2) is 0 Å². The minimum atomic E-state index is -3.77. The number of benzene rings is 2. The molecule has 158 valence electrons. The highest BCUT2D eigenvalue weighted by Crippen LogP contribution is 2.20. The fraction of sp³-hybridized carbons (Fsp3) is 0.286. The van der Waals surface area contributed by atoms with Crippen LogP contribution in [0.5, 0.6) is 0 Å². The molecule has 7 nitrogen and oxygen atoms in total. The number of hydrogen-bond acceptors (Lipinski definition) is 6. The Hall–Kier alpha value is -2.62. The molecule has 0 spiro atoms. The van der Waals surface area contributed by atoms with E-state index in [1.165, 1.54) is 11.1 Å². The van der Waals surface area contributed by atoms with Crippen LogP contribution in [0.1, 0.15) is 47.7 Å². The van der Waals surface area contributed by atoms with Crippen molar-refractivity contribution >= 4 is 32.4 Å². The van der Waals surface area contributed by atoms with Crippen molar-refractivity contribution in [1.29, 1.82) is 0 Å². The number of aromatic nitrogens is 2. The number of rotatable bonds is 9. The van der Waals surface area contributed by atoms with Gasteiger partial charge in [-0.15, -0.1) is 10.2 Å². The summed E-state index contributed by atoms with van der Waals surface area (Å²) in [5.41, 5.74) is 2.91. The number of aryl methyl sites for hydroxylation is 1. The average Bonchev–Trinajstić information content (AvgIpc) is 3.22. The van der Waals surface area contributed by atoms with Gasteiger partial charge in [0.2, 0.25) is 9.47 Å². The molecule has 0 unspecified atom stereocenters. The third-order valence-electron chi connectivity index (χ3n) is 4.47. The van der Waals surface area contributed by atoms with E-state index in [4.69, 9.17) is 0 Å². The van der Waals surface area contributed by atoms with Gasteiger partial charge in [-0.1, -0.05) is 67.6 Å². The van der Waals surface area contributed by atoms with Crippen LogP contribution in [0.25, 0.3) is 0 Å². The van der Waals surface area contributed by atoms with Crippen LogP contribution in [0.3, 0.4) is 0 Å². The predicted octanol–water partition coefficient (Wildman–Crippen LogP) is 3.82. The fourth-order valence-corrected chi connectivity index (χ4v) is 4.77. The highest BCUT2D eigenvalue weighted by Gasteiger charge is 2.20. The van der Waals surface area contributed by atoms with Crippen LogP contribution in [0.4, 0.5) is 5.13 Å². The molecule has 0 saturated carbocycles. The molecular weight excluding hydrogens is 420 g/mol. The molecule has 1 amide bonds. The SMILES string of the molecule is CC(C)c1ccc(CCCNS(=O)(=O)c2nnc(NC(=O)c3ccccc3)s2)cc1. The smallest absolute Gasteiger partial charge is 0.269 e. The first-order valence-corrected chi connectivity index (χ1v) is 11.9. The van der Waals surface area contributed by atoms with Crippen LogP contribution in [-0.4, -0.2) is 31.1 Å². The quantitative estimate of drug-likeness (QED) is 0.386. The number of amides is 1. The Morgan fingerprint density at radius 2 is 1.73 bits per heavy atom. The molecule has 3 aromatic rings. The minimum Gasteiger partial charge on any atom is -0.296 e. The Kier molecular flexibility index (Phi) is 7.30. The van der Waals surface area contributed by atoms with Crippen molar-refractivity contribution in [2.75, 3.05) is 11.9 Å². The van der Waals surface area contributed by atoms with Crippen LogP contribution in [-0.2, 0) is 16.4 Å². The lowest BCUT2D eigenvalue weighted by Crippen LogP contribution is -2.25. The van der Waals surface area contributed by atoms with Crippen molar-refractivity contribution in [3.05, 3.63) is 71.3 Å². The van der Waals surface area contributed by atoms with Crippen LogP contribution in [0.2, 0.25) is 0 Å². The van der Waals surface area contributed by atoms with E-state index < -0.39 is 10.0 Å². The van der Waals surface area contributed by atoms with E-state index in [9.17, 15) is 13.2 Å². The molecule has 0 aliphatic heterocycles. The zero-order chi connectivity index (χ0) is 21.6. The van der Waals surface area contributed by atoms with Crippen LogP contribution in [0, 0.1) is 0 Å². The third-order valence-corrected chi connectivity index (χ3v) is 7.14. The Morgan fingerprint density at radius 1 is 1.03 bits per heavy atom. The molecule has 0 saturated heterocycles. The fourth-order valence-electron chi connectivity index (χ4n) is 2.76. The van der Waals surface area contributed by atoms with Gasteiger partial charge in [-0.25, -0.2) is 13.1 Å². The molecule has 30 heavy (non-hydrogen) atoms. The Balaban J connectivity index is 1.50. The molecule has 1 aromatic heterocycles. The summed E-state index contributed by atoms with van der Waals surface area (Å²) in [6.45, 7) is 4.59. The average molecular weight is 445 g/mol. The number of hydrogen-bond donors (Lipinski definition) is 2. The standard InChI is InChI=1S/C21H24N4O3S2/c1-15(2)17-12-10-16(11-13-17)7-6-14-22-30(27,28)21-25-24-20(29-21)23-19(26)18-8-4-3-5-9-18/h3-5,8-13,15,22H,6-7,14H2,1-2H3,(H,23,24,26). The van der Waals surface area contributed by atoms with E-state index in [0.29, 0.717) is 24.4 Å². The third kappa shape index (κ3) is 5.94. The van der Waals surface area contributed by atoms with E-state index >= 15 is 0 Å². The van der Waals surface area contributed by atoms with Gasteiger partial charge < -0.3 is 0 Å². The highest BCUT2D eigenvalue weighted by molar-refractivity contribution is 7.91. The first kappa shape index (κ1) is 22.1. The van der Waals surface area contributed by atoms with Crippen LogP contribution < -0.4 is 10.0 Å². The molecule has 2 aromatic carbocycles. The minimum absolute atomic E-state index is 0.134. The predicted molar refractivity (Wildman–Crippen MR) is 118 cm³/mol. The van der Waals surface area contributed by atoms with Crippen LogP contribution >= 0.6 is 11.3 Å². The van der Waals surface area contributed by atoms with Gasteiger partial charge >= 0.3 is 0 Å². The highest BCUT2D eigenvalue weighted by atomic mass is 32.2. The zero-order valence-electron chi connectivity index (χ0n) is 16.8. The summed E-state index contributed by atoms with van der Waals surface area (Å²) in [4.78, 5) is 12.1. The zero-order valence-corrected chi connectivity index (χ0v) is 18.5. The van der Waals surface area contributed by atoms with Gasteiger partial charge in [-0.3, -0.25) is 10.1 Å². The maximum absolute atomic E-state index is 12.4. The molecule has 9 heteroatoms. The van der Waals surface area contributed by atoms with Gasteiger partial charge in [0.05, 0.1) is 0 Å². The summed E-state index contributed by atoms with van der Waals surface area (Å²) >= 11 is 0.817. The molecule has 0 radical (unpaired) electrons. The van der Waals surface area contributed by atoms with E-state index in [1.807, 2.05) is 0 Å². The Labute approximate surface area is 180 Å². The van der Waals surface area contributed by atoms with E-state index in [-0.39, 0.29) is 15.4 Å². The van der Waals surface area contributed by atoms with Crippen molar-refractivity contribution in [3.63, 3.8) is 0 Å². The van der Waals surface area contributed by atoms with Crippen LogP contribution in [0.15, 0.2) is 58.9 Å². The largest absolute Gasteiger partial charge is 0.296 e. The lowest BCUT2D eigenvalue weighted by atomic mass is 10.0. The number of nitrogens with zero attached hydrogens (tertiary/aromatic N) is 2. The molecule has 2 N–H and O–H groups in total. The lowest BCUT2D eigenvalue weighted by Gasteiger charge is -2.07. The van der Waals surface area contributed by atoms with E-state index in [1.54, 1.807) is 30.3 Å². The summed E-state index contributed by atoms with van der Waals surface area (Å²) in [7, 11) is -3.77. The number of nitrogens with one attached hydrogen (secondary N) is 2. The summed E-state index contributed by atoms with van der Waals surface area (Å²) < 4.78 is 27.2. The number of carbonyl (C=O) groups is 1. The molecule has 3 rings (SSSR count). The van der Waals surface area contributed by atoms with Gasteiger partial charge in [0.25, 0.3) is 15.9 Å². The Bertz CT molecular complexity index is 1080. The first-order valence-electron chi connectivity index (χ1n) is 9.63. The Morgan fingerprint density at radius 3 is 2.40 bits per heavy atom. The molecule has 0 bridgehead atoms. The van der Waals surface area contributed by atoms with Gasteiger partial charge in [0, 0.05) is 12.1 Å². The molecule has 0 atom stereocenters. The van der Waals surface area contributed by atoms with Crippen molar-refractivity contribution in [1.82, 2.24) is 14.9 Å². The number of sulfonamides is 1. The van der Waals surface area contributed by atoms with Gasteiger partial charge in [-0.2, -0.15) is 0 Å².